The number of aromatic nitrogens is 1. The van der Waals surface area contributed by atoms with Gasteiger partial charge in [-0.2, -0.15) is 0 Å². The molecule has 1 saturated heterocycles. The van der Waals surface area contributed by atoms with Crippen LogP contribution in [0.2, 0.25) is 0 Å². The Morgan fingerprint density at radius 1 is 0.810 bits per heavy atom. The maximum atomic E-state index is 14.4. The maximum Gasteiger partial charge on any atom is 0.256 e. The molecule has 42 heavy (non-hydrogen) atoms. The fourth-order valence-electron chi connectivity index (χ4n) is 5.76. The lowest BCUT2D eigenvalue weighted by atomic mass is 9.99. The topological polar surface area (TPSA) is 77.8 Å². The standard InChI is InChI=1S/C35H40N4O3/c40-23-11-10-19-36-33(41)27-38-20-18-32(34(38)30-16-8-3-9-17-30)35(42)39-22-21-37(25-29-14-6-2-7-15-29)26-31(39)24-28-12-4-1-5-13-28/h1-9,12-18,20,31,40H,10-11,19,21-27H2,(H,36,41)/t31-/m1/s1. The molecule has 2 heterocycles. The molecule has 7 heteroatoms. The van der Waals surface area contributed by atoms with E-state index in [1.165, 1.54) is 11.1 Å². The fourth-order valence-corrected chi connectivity index (χ4v) is 5.76. The van der Waals surface area contributed by atoms with Gasteiger partial charge >= 0.3 is 0 Å². The highest BCUT2D eigenvalue weighted by molar-refractivity contribution is 6.01. The third kappa shape index (κ3) is 7.55. The number of aliphatic hydroxyl groups is 1. The number of hydrogen-bond donors (Lipinski definition) is 2. The average Bonchev–Trinajstić information content (AvgIpc) is 3.44. The molecule has 7 nitrogen and oxygen atoms in total. The second-order valence-electron chi connectivity index (χ2n) is 10.9. The first kappa shape index (κ1) is 29.3. The van der Waals surface area contributed by atoms with Crippen LogP contribution in [0.5, 0.6) is 0 Å². The van der Waals surface area contributed by atoms with Gasteiger partial charge in [0.2, 0.25) is 5.91 Å². The van der Waals surface area contributed by atoms with Crippen molar-refractivity contribution in [3.63, 3.8) is 0 Å². The molecule has 5 rings (SSSR count). The van der Waals surface area contributed by atoms with Crippen molar-refractivity contribution in [2.75, 3.05) is 32.8 Å². The molecule has 218 valence electrons. The van der Waals surface area contributed by atoms with Gasteiger partial charge in [-0.15, -0.1) is 0 Å². The van der Waals surface area contributed by atoms with Crippen LogP contribution in [-0.4, -0.2) is 70.1 Å². The maximum absolute atomic E-state index is 14.4. The molecule has 0 spiro atoms. The fraction of sp³-hybridized carbons (Fsp3) is 0.314. The molecule has 0 aliphatic carbocycles. The van der Waals surface area contributed by atoms with Gasteiger partial charge in [-0.05, 0) is 42.0 Å². The van der Waals surface area contributed by atoms with Gasteiger partial charge in [-0.25, -0.2) is 0 Å². The second-order valence-corrected chi connectivity index (χ2v) is 10.9. The molecule has 1 fully saturated rings. The van der Waals surface area contributed by atoms with Crippen LogP contribution in [-0.2, 0) is 24.3 Å². The molecular weight excluding hydrogens is 524 g/mol. The monoisotopic (exact) mass is 564 g/mol. The Labute approximate surface area is 248 Å². The highest BCUT2D eigenvalue weighted by atomic mass is 16.3. The number of nitrogens with zero attached hydrogens (tertiary/aromatic N) is 3. The van der Waals surface area contributed by atoms with Crippen molar-refractivity contribution in [1.82, 2.24) is 19.7 Å². The lowest BCUT2D eigenvalue weighted by Crippen LogP contribution is -2.55. The van der Waals surface area contributed by atoms with E-state index in [-0.39, 0.29) is 31.0 Å². The summed E-state index contributed by atoms with van der Waals surface area (Å²) in [5.74, 6) is -0.118. The van der Waals surface area contributed by atoms with Crippen LogP contribution >= 0.6 is 0 Å². The number of carbonyl (C=O) groups excluding carboxylic acids is 2. The number of unbranched alkanes of at least 4 members (excludes halogenated alkanes) is 1. The number of hydrogen-bond acceptors (Lipinski definition) is 4. The molecule has 0 radical (unpaired) electrons. The SMILES string of the molecule is O=C(Cn1ccc(C(=O)N2CCN(Cc3ccccc3)C[C@H]2Cc2ccccc2)c1-c1ccccc1)NCCCCO. The summed E-state index contributed by atoms with van der Waals surface area (Å²) in [6, 6.07) is 32.6. The molecule has 2 amide bonds. The van der Waals surface area contributed by atoms with Crippen LogP contribution in [0.3, 0.4) is 0 Å². The van der Waals surface area contributed by atoms with Crippen molar-refractivity contribution >= 4 is 11.8 Å². The number of rotatable bonds is 12. The highest BCUT2D eigenvalue weighted by Gasteiger charge is 2.33. The zero-order chi connectivity index (χ0) is 29.1. The Balaban J connectivity index is 1.40. The van der Waals surface area contributed by atoms with Gasteiger partial charge in [0.05, 0.1) is 11.3 Å². The normalized spacial score (nSPS) is 15.5. The Hall–Kier alpha value is -4.20. The van der Waals surface area contributed by atoms with Gasteiger partial charge in [0.25, 0.3) is 5.91 Å². The van der Waals surface area contributed by atoms with E-state index in [1.54, 1.807) is 0 Å². The number of piperazine rings is 1. The lowest BCUT2D eigenvalue weighted by Gasteiger charge is -2.42. The summed E-state index contributed by atoms with van der Waals surface area (Å²) in [6.07, 6.45) is 4.00. The van der Waals surface area contributed by atoms with Crippen LogP contribution in [0.15, 0.2) is 103 Å². The predicted molar refractivity (Wildman–Crippen MR) is 166 cm³/mol. The molecule has 2 N–H and O–H groups in total. The highest BCUT2D eigenvalue weighted by Crippen LogP contribution is 2.28. The molecule has 0 unspecified atom stereocenters. The summed E-state index contributed by atoms with van der Waals surface area (Å²) in [7, 11) is 0. The van der Waals surface area contributed by atoms with Gasteiger partial charge in [-0.3, -0.25) is 14.5 Å². The summed E-state index contributed by atoms with van der Waals surface area (Å²) in [6.45, 7) is 3.82. The number of nitrogens with one attached hydrogen (secondary N) is 1. The van der Waals surface area contributed by atoms with Gasteiger partial charge in [0.1, 0.15) is 6.54 Å². The van der Waals surface area contributed by atoms with Crippen molar-refractivity contribution in [3.05, 3.63) is 120 Å². The summed E-state index contributed by atoms with van der Waals surface area (Å²) >= 11 is 0. The first-order chi connectivity index (χ1) is 20.6. The van der Waals surface area contributed by atoms with Gasteiger partial charge in [0, 0.05) is 51.6 Å². The Bertz CT molecular complexity index is 1420. The largest absolute Gasteiger partial charge is 0.396 e. The van der Waals surface area contributed by atoms with E-state index in [9.17, 15) is 9.59 Å². The Kier molecular flexibility index (Phi) is 10.2. The minimum atomic E-state index is -0.115. The number of benzene rings is 3. The van der Waals surface area contributed by atoms with Crippen molar-refractivity contribution in [2.45, 2.75) is 38.4 Å². The van der Waals surface area contributed by atoms with Crippen LogP contribution < -0.4 is 5.32 Å². The van der Waals surface area contributed by atoms with Gasteiger partial charge < -0.3 is 19.9 Å². The summed E-state index contributed by atoms with van der Waals surface area (Å²) in [4.78, 5) is 31.6. The van der Waals surface area contributed by atoms with E-state index in [2.05, 4.69) is 58.7 Å². The summed E-state index contributed by atoms with van der Waals surface area (Å²) in [5.41, 5.74) is 4.76. The van der Waals surface area contributed by atoms with E-state index in [4.69, 9.17) is 5.11 Å². The Morgan fingerprint density at radius 3 is 2.17 bits per heavy atom. The first-order valence-electron chi connectivity index (χ1n) is 14.9. The number of amides is 2. The van der Waals surface area contributed by atoms with Crippen LogP contribution in [0.1, 0.15) is 34.3 Å². The molecule has 1 aliphatic heterocycles. The molecule has 0 bridgehead atoms. The zero-order valence-electron chi connectivity index (χ0n) is 24.1. The van der Waals surface area contributed by atoms with E-state index < -0.39 is 0 Å². The quantitative estimate of drug-likeness (QED) is 0.246. The van der Waals surface area contributed by atoms with E-state index in [0.29, 0.717) is 25.1 Å². The third-order valence-corrected chi connectivity index (χ3v) is 7.85. The Morgan fingerprint density at radius 2 is 1.48 bits per heavy atom. The smallest absolute Gasteiger partial charge is 0.256 e. The minimum absolute atomic E-state index is 0.00347. The lowest BCUT2D eigenvalue weighted by molar-refractivity contribution is -0.121. The average molecular weight is 565 g/mol. The van der Waals surface area contributed by atoms with Crippen molar-refractivity contribution < 1.29 is 14.7 Å². The van der Waals surface area contributed by atoms with Crippen LogP contribution in [0.4, 0.5) is 0 Å². The first-order valence-corrected chi connectivity index (χ1v) is 14.9. The number of carbonyl (C=O) groups is 2. The van der Waals surface area contributed by atoms with Gasteiger partial charge in [-0.1, -0.05) is 91.0 Å². The molecule has 0 saturated carbocycles. The van der Waals surface area contributed by atoms with E-state index in [1.807, 2.05) is 64.2 Å². The molecule has 4 aromatic rings. The molecule has 1 aromatic heterocycles. The predicted octanol–water partition coefficient (Wildman–Crippen LogP) is 4.61. The van der Waals surface area contributed by atoms with Crippen LogP contribution in [0, 0.1) is 0 Å². The van der Waals surface area contributed by atoms with Gasteiger partial charge in [0.15, 0.2) is 0 Å². The van der Waals surface area contributed by atoms with E-state index >= 15 is 0 Å². The van der Waals surface area contributed by atoms with E-state index in [0.717, 1.165) is 43.7 Å². The van der Waals surface area contributed by atoms with Crippen LogP contribution in [0.25, 0.3) is 11.3 Å². The third-order valence-electron chi connectivity index (χ3n) is 7.85. The van der Waals surface area contributed by atoms with Crippen molar-refractivity contribution in [3.8, 4) is 11.3 Å². The summed E-state index contributed by atoms with van der Waals surface area (Å²) in [5, 5.41) is 12.0. The molecular formula is C35H40N4O3. The van der Waals surface area contributed by atoms with Crippen molar-refractivity contribution in [1.29, 1.82) is 0 Å². The molecule has 1 atom stereocenters. The summed E-state index contributed by atoms with van der Waals surface area (Å²) < 4.78 is 1.88. The second kappa shape index (κ2) is 14.6. The minimum Gasteiger partial charge on any atom is -0.396 e. The molecule has 1 aliphatic rings. The number of aliphatic hydroxyl groups excluding tert-OH is 1. The van der Waals surface area contributed by atoms with Crippen molar-refractivity contribution in [2.24, 2.45) is 0 Å². The molecule has 3 aromatic carbocycles. The zero-order valence-corrected chi connectivity index (χ0v) is 24.1.